The number of para-hydroxylation sites is 1. The predicted octanol–water partition coefficient (Wildman–Crippen LogP) is 4.26. The van der Waals surface area contributed by atoms with Gasteiger partial charge in [-0.1, -0.05) is 29.8 Å². The van der Waals surface area contributed by atoms with E-state index < -0.39 is 4.92 Å². The van der Waals surface area contributed by atoms with Crippen LogP contribution in [-0.2, 0) is 6.42 Å². The molecule has 27 heavy (non-hydrogen) atoms. The maximum absolute atomic E-state index is 11.9. The summed E-state index contributed by atoms with van der Waals surface area (Å²) in [6, 6.07) is 11.1. The first kappa shape index (κ1) is 17.2. The van der Waals surface area contributed by atoms with Crippen molar-refractivity contribution in [3.63, 3.8) is 0 Å². The summed E-state index contributed by atoms with van der Waals surface area (Å²) in [6.45, 7) is 0.646. The van der Waals surface area contributed by atoms with E-state index in [1.54, 1.807) is 12.1 Å². The number of rotatable bonds is 4. The molecular formula is C18H15ClN6O2. The van der Waals surface area contributed by atoms with Gasteiger partial charge in [-0.05, 0) is 36.6 Å². The van der Waals surface area contributed by atoms with Gasteiger partial charge in [-0.15, -0.1) is 0 Å². The van der Waals surface area contributed by atoms with E-state index in [9.17, 15) is 10.1 Å². The number of halogens is 1. The number of fused-ring (bicyclic) bond motifs is 1. The van der Waals surface area contributed by atoms with Crippen LogP contribution in [0.1, 0.15) is 12.0 Å². The fourth-order valence-corrected chi connectivity index (χ4v) is 3.26. The van der Waals surface area contributed by atoms with E-state index in [2.05, 4.69) is 20.3 Å². The second-order valence-electron chi connectivity index (χ2n) is 6.02. The zero-order valence-corrected chi connectivity index (χ0v) is 14.9. The van der Waals surface area contributed by atoms with E-state index in [0.717, 1.165) is 24.1 Å². The first-order valence-corrected chi connectivity index (χ1v) is 8.74. The first-order valence-electron chi connectivity index (χ1n) is 8.37. The number of pyridine rings is 1. The molecule has 1 aromatic carbocycles. The van der Waals surface area contributed by atoms with Crippen LogP contribution in [0, 0.1) is 10.1 Å². The van der Waals surface area contributed by atoms with Crippen LogP contribution in [0.4, 0.5) is 28.8 Å². The van der Waals surface area contributed by atoms with Crippen LogP contribution in [0.5, 0.6) is 0 Å². The fourth-order valence-electron chi connectivity index (χ4n) is 3.15. The van der Waals surface area contributed by atoms with E-state index in [4.69, 9.17) is 11.6 Å². The van der Waals surface area contributed by atoms with Gasteiger partial charge in [0.1, 0.15) is 12.1 Å². The van der Waals surface area contributed by atoms with Crippen LogP contribution >= 0.6 is 11.6 Å². The number of hydrogen-bond donors (Lipinski definition) is 1. The molecule has 1 aliphatic rings. The van der Waals surface area contributed by atoms with E-state index in [-0.39, 0.29) is 17.3 Å². The molecule has 0 bridgehead atoms. The summed E-state index contributed by atoms with van der Waals surface area (Å²) in [4.78, 5) is 25.7. The Morgan fingerprint density at radius 1 is 1.15 bits per heavy atom. The molecule has 2 aromatic heterocycles. The zero-order valence-electron chi connectivity index (χ0n) is 14.2. The standard InChI is InChI=1S/C18H15ClN6O2/c19-13-7-8-15(20-10-13)23-17-16(25(26)27)18(22-11-21-17)24-9-3-5-12-4-1-2-6-14(12)24/h1-2,4,6-8,10-11H,3,5,9H2,(H,20,21,22,23). The predicted molar refractivity (Wildman–Crippen MR) is 103 cm³/mol. The third-order valence-corrected chi connectivity index (χ3v) is 4.55. The van der Waals surface area contributed by atoms with Gasteiger partial charge in [0.25, 0.3) is 0 Å². The Hall–Kier alpha value is -3.26. The molecule has 0 aliphatic carbocycles. The van der Waals surface area contributed by atoms with Crippen molar-refractivity contribution in [1.29, 1.82) is 0 Å². The van der Waals surface area contributed by atoms with E-state index in [0.29, 0.717) is 17.4 Å². The third-order valence-electron chi connectivity index (χ3n) is 4.33. The fraction of sp³-hybridized carbons (Fsp3) is 0.167. The molecule has 136 valence electrons. The average Bonchev–Trinajstić information content (AvgIpc) is 2.69. The van der Waals surface area contributed by atoms with Crippen molar-refractivity contribution in [2.75, 3.05) is 16.8 Å². The lowest BCUT2D eigenvalue weighted by molar-refractivity contribution is -0.383. The van der Waals surface area contributed by atoms with Gasteiger partial charge in [-0.25, -0.2) is 15.0 Å². The Morgan fingerprint density at radius 3 is 2.78 bits per heavy atom. The topological polar surface area (TPSA) is 97.1 Å². The molecule has 0 atom stereocenters. The van der Waals surface area contributed by atoms with E-state index >= 15 is 0 Å². The molecule has 0 radical (unpaired) electrons. The molecule has 3 heterocycles. The minimum absolute atomic E-state index is 0.0860. The highest BCUT2D eigenvalue weighted by Crippen LogP contribution is 2.39. The number of aromatic nitrogens is 3. The highest BCUT2D eigenvalue weighted by atomic mass is 35.5. The largest absolute Gasteiger partial charge is 0.354 e. The van der Waals surface area contributed by atoms with E-state index in [1.165, 1.54) is 12.5 Å². The zero-order chi connectivity index (χ0) is 18.8. The Morgan fingerprint density at radius 2 is 2.00 bits per heavy atom. The van der Waals surface area contributed by atoms with Crippen molar-refractivity contribution in [1.82, 2.24) is 15.0 Å². The van der Waals surface area contributed by atoms with Crippen LogP contribution in [0.2, 0.25) is 5.02 Å². The monoisotopic (exact) mass is 382 g/mol. The van der Waals surface area contributed by atoms with Crippen LogP contribution in [0.25, 0.3) is 0 Å². The van der Waals surface area contributed by atoms with E-state index in [1.807, 2.05) is 29.2 Å². The second kappa shape index (κ2) is 7.16. The van der Waals surface area contributed by atoms with Crippen LogP contribution < -0.4 is 10.2 Å². The lowest BCUT2D eigenvalue weighted by Gasteiger charge is -2.30. The summed E-state index contributed by atoms with van der Waals surface area (Å²) in [5, 5.41) is 15.2. The number of nitrogens with zero attached hydrogens (tertiary/aromatic N) is 5. The van der Waals surface area contributed by atoms with Crippen molar-refractivity contribution in [2.45, 2.75) is 12.8 Å². The van der Waals surface area contributed by atoms with Gasteiger partial charge in [-0.2, -0.15) is 0 Å². The smallest absolute Gasteiger partial charge is 0.320 e. The van der Waals surface area contributed by atoms with Crippen LogP contribution in [-0.4, -0.2) is 26.4 Å². The Balaban J connectivity index is 1.78. The SMILES string of the molecule is O=[N+]([O-])c1c(Nc2ccc(Cl)cn2)ncnc1N1CCCc2ccccc21. The molecule has 9 heteroatoms. The molecule has 3 aromatic rings. The lowest BCUT2D eigenvalue weighted by Crippen LogP contribution is -2.26. The lowest BCUT2D eigenvalue weighted by atomic mass is 10.0. The number of nitro groups is 1. The number of anilines is 4. The van der Waals surface area contributed by atoms with Gasteiger partial charge >= 0.3 is 5.69 Å². The number of hydrogen-bond acceptors (Lipinski definition) is 7. The van der Waals surface area contributed by atoms with Crippen molar-refractivity contribution < 1.29 is 4.92 Å². The highest BCUT2D eigenvalue weighted by molar-refractivity contribution is 6.30. The van der Waals surface area contributed by atoms with Crippen LogP contribution in [0.3, 0.4) is 0 Å². The highest BCUT2D eigenvalue weighted by Gasteiger charge is 2.30. The number of aryl methyl sites for hydroxylation is 1. The molecule has 0 saturated heterocycles. The first-order chi connectivity index (χ1) is 13.1. The van der Waals surface area contributed by atoms with Crippen molar-refractivity contribution >= 4 is 40.4 Å². The molecular weight excluding hydrogens is 368 g/mol. The Kier molecular flexibility index (Phi) is 4.55. The van der Waals surface area contributed by atoms with Crippen molar-refractivity contribution in [3.05, 3.63) is 69.6 Å². The van der Waals surface area contributed by atoms with Crippen LogP contribution in [0.15, 0.2) is 48.9 Å². The summed E-state index contributed by atoms with van der Waals surface area (Å²) in [5.41, 5.74) is 1.89. The van der Waals surface area contributed by atoms with Gasteiger partial charge in [-0.3, -0.25) is 10.1 Å². The second-order valence-corrected chi connectivity index (χ2v) is 6.46. The van der Waals surface area contributed by atoms with Gasteiger partial charge < -0.3 is 10.2 Å². The molecule has 0 unspecified atom stereocenters. The summed E-state index contributed by atoms with van der Waals surface area (Å²) in [7, 11) is 0. The Bertz CT molecular complexity index is 995. The minimum Gasteiger partial charge on any atom is -0.320 e. The molecule has 1 N–H and O–H groups in total. The molecule has 8 nitrogen and oxygen atoms in total. The molecule has 4 rings (SSSR count). The van der Waals surface area contributed by atoms with Gasteiger partial charge in [0.15, 0.2) is 0 Å². The maximum Gasteiger partial charge on any atom is 0.354 e. The van der Waals surface area contributed by atoms with Gasteiger partial charge in [0.2, 0.25) is 11.6 Å². The normalized spacial score (nSPS) is 13.1. The van der Waals surface area contributed by atoms with Gasteiger partial charge in [0.05, 0.1) is 9.95 Å². The summed E-state index contributed by atoms with van der Waals surface area (Å²) in [6.07, 6.45) is 4.60. The third kappa shape index (κ3) is 3.39. The molecule has 0 amide bonds. The van der Waals surface area contributed by atoms with Crippen molar-refractivity contribution in [2.24, 2.45) is 0 Å². The van der Waals surface area contributed by atoms with Gasteiger partial charge in [0, 0.05) is 18.4 Å². The minimum atomic E-state index is -0.467. The quantitative estimate of drug-likeness (QED) is 0.531. The number of benzene rings is 1. The molecule has 0 spiro atoms. The number of nitrogens with one attached hydrogen (secondary N) is 1. The molecule has 1 aliphatic heterocycles. The molecule has 0 saturated carbocycles. The maximum atomic E-state index is 11.9. The van der Waals surface area contributed by atoms with Crippen molar-refractivity contribution in [3.8, 4) is 0 Å². The summed E-state index contributed by atoms with van der Waals surface area (Å²) >= 11 is 5.84. The molecule has 0 fully saturated rings. The summed E-state index contributed by atoms with van der Waals surface area (Å²) in [5.74, 6) is 0.757. The Labute approximate surface area is 160 Å². The average molecular weight is 383 g/mol. The summed E-state index contributed by atoms with van der Waals surface area (Å²) < 4.78 is 0.